The summed E-state index contributed by atoms with van der Waals surface area (Å²) in [6.07, 6.45) is 4.23. The molecule has 0 atom stereocenters. The van der Waals surface area contributed by atoms with E-state index in [4.69, 9.17) is 10.1 Å². The summed E-state index contributed by atoms with van der Waals surface area (Å²) in [5.41, 5.74) is 5.81. The van der Waals surface area contributed by atoms with Crippen molar-refractivity contribution in [2.75, 3.05) is 17.2 Å². The van der Waals surface area contributed by atoms with E-state index in [1.54, 1.807) is 0 Å². The first-order chi connectivity index (χ1) is 14.2. The van der Waals surface area contributed by atoms with Crippen LogP contribution in [-0.4, -0.2) is 12.4 Å². The fourth-order valence-corrected chi connectivity index (χ4v) is 3.33. The lowest BCUT2D eigenvalue weighted by atomic mass is 10.0. The normalized spacial score (nSPS) is 11.6. The highest BCUT2D eigenvalue weighted by molar-refractivity contribution is 6.32. The van der Waals surface area contributed by atoms with E-state index in [2.05, 4.69) is 35.8 Å². The van der Waals surface area contributed by atoms with Crippen LogP contribution in [0.1, 0.15) is 30.9 Å². The Kier molecular flexibility index (Phi) is 7.15. The van der Waals surface area contributed by atoms with E-state index < -0.39 is 0 Å². The van der Waals surface area contributed by atoms with Gasteiger partial charge >= 0.3 is 0 Å². The van der Waals surface area contributed by atoms with Crippen LogP contribution in [-0.2, 0) is 0 Å². The molecule has 0 fully saturated rings. The maximum atomic E-state index is 8.74. The number of hydrogen-bond acceptors (Lipinski definition) is 3. The van der Waals surface area contributed by atoms with Crippen LogP contribution < -0.4 is 15.4 Å². The number of nitrogens with one attached hydrogen (secondary N) is 3. The molecule has 0 aliphatic carbocycles. The van der Waals surface area contributed by atoms with Crippen LogP contribution >= 0.6 is 12.4 Å². The predicted octanol–water partition coefficient (Wildman–Crippen LogP) is 6.97. The molecular formula is C25H26ClN3O. The summed E-state index contributed by atoms with van der Waals surface area (Å²) in [7, 11) is 0. The molecule has 0 radical (unpaired) electrons. The molecule has 4 nitrogen and oxygen atoms in total. The third-order valence-corrected chi connectivity index (χ3v) is 4.91. The molecule has 1 aliphatic rings. The van der Waals surface area contributed by atoms with Crippen molar-refractivity contribution in [3.8, 4) is 5.75 Å². The van der Waals surface area contributed by atoms with Gasteiger partial charge < -0.3 is 15.4 Å². The molecule has 3 N–H and O–H groups in total. The molecule has 4 rings (SSSR count). The van der Waals surface area contributed by atoms with Crippen molar-refractivity contribution in [1.82, 2.24) is 0 Å². The molecule has 3 aromatic rings. The number of para-hydroxylation sites is 2. The fraction of sp³-hybridized carbons (Fsp3) is 0.160. The van der Waals surface area contributed by atoms with Crippen LogP contribution in [0.3, 0.4) is 0 Å². The van der Waals surface area contributed by atoms with Crippen LogP contribution in [0.25, 0.3) is 11.6 Å². The van der Waals surface area contributed by atoms with Gasteiger partial charge in [0, 0.05) is 28.2 Å². The Hall–Kier alpha value is -3.24. The molecule has 0 unspecified atom stereocenters. The van der Waals surface area contributed by atoms with E-state index in [1.807, 2.05) is 60.7 Å². The van der Waals surface area contributed by atoms with E-state index in [0.29, 0.717) is 5.84 Å². The van der Waals surface area contributed by atoms with Crippen molar-refractivity contribution in [2.45, 2.75) is 19.8 Å². The second kappa shape index (κ2) is 9.99. The van der Waals surface area contributed by atoms with E-state index in [9.17, 15) is 0 Å². The lowest BCUT2D eigenvalue weighted by molar-refractivity contribution is 0.309. The molecule has 3 aromatic carbocycles. The van der Waals surface area contributed by atoms with Gasteiger partial charge in [-0.05, 0) is 54.5 Å². The Morgan fingerprint density at radius 2 is 1.63 bits per heavy atom. The smallest absolute Gasteiger partial charge is 0.130 e. The highest BCUT2D eigenvalue weighted by Crippen LogP contribution is 2.35. The lowest BCUT2D eigenvalue weighted by Crippen LogP contribution is -2.13. The molecule has 0 saturated carbocycles. The molecule has 1 aliphatic heterocycles. The predicted molar refractivity (Wildman–Crippen MR) is 129 cm³/mol. The number of amidine groups is 1. The molecule has 5 heteroatoms. The van der Waals surface area contributed by atoms with Gasteiger partial charge in [-0.3, -0.25) is 5.41 Å². The number of anilines is 3. The van der Waals surface area contributed by atoms with E-state index in [0.717, 1.165) is 59.0 Å². The fourth-order valence-electron chi connectivity index (χ4n) is 3.33. The number of halogens is 1. The topological polar surface area (TPSA) is 57.1 Å². The molecule has 0 spiro atoms. The maximum absolute atomic E-state index is 8.74. The number of rotatable bonds is 6. The quantitative estimate of drug-likeness (QED) is 0.229. The average molecular weight is 420 g/mol. The zero-order chi connectivity index (χ0) is 20.1. The summed E-state index contributed by atoms with van der Waals surface area (Å²) in [4.78, 5) is 0. The molecular weight excluding hydrogens is 394 g/mol. The van der Waals surface area contributed by atoms with Gasteiger partial charge in [-0.15, -0.1) is 12.4 Å². The minimum Gasteiger partial charge on any atom is -0.494 e. The van der Waals surface area contributed by atoms with Gasteiger partial charge in [0.25, 0.3) is 0 Å². The summed E-state index contributed by atoms with van der Waals surface area (Å²) >= 11 is 0. The standard InChI is InChI=1S/C25H25N3O.ClH/c1-2-3-16-29-20-14-12-19(13-15-20)27-25(26)22-17-18-8-4-6-10-23(18)28-24-11-7-5-9-21(22)24;/h4-15,17,28H,2-3,16H2,1H3,(H2,26,27);1H. The first kappa shape index (κ1) is 21.5. The van der Waals surface area contributed by atoms with Gasteiger partial charge in [-0.25, -0.2) is 0 Å². The third kappa shape index (κ3) is 4.84. The Labute approximate surface area is 183 Å². The monoisotopic (exact) mass is 419 g/mol. The molecule has 0 bridgehead atoms. The number of ether oxygens (including phenoxy) is 1. The van der Waals surface area contributed by atoms with E-state index >= 15 is 0 Å². The molecule has 0 saturated heterocycles. The number of benzene rings is 3. The van der Waals surface area contributed by atoms with Crippen LogP contribution in [0.15, 0.2) is 72.8 Å². The van der Waals surface area contributed by atoms with Crippen molar-refractivity contribution < 1.29 is 4.74 Å². The largest absolute Gasteiger partial charge is 0.494 e. The van der Waals surface area contributed by atoms with E-state index in [1.165, 1.54) is 0 Å². The summed E-state index contributed by atoms with van der Waals surface area (Å²) in [5, 5.41) is 15.5. The van der Waals surface area contributed by atoms with Crippen LogP contribution in [0.4, 0.5) is 17.1 Å². The van der Waals surface area contributed by atoms with Gasteiger partial charge in [0.1, 0.15) is 11.6 Å². The van der Waals surface area contributed by atoms with Crippen LogP contribution in [0.5, 0.6) is 5.75 Å². The van der Waals surface area contributed by atoms with Crippen molar-refractivity contribution in [1.29, 1.82) is 5.41 Å². The lowest BCUT2D eigenvalue weighted by Gasteiger charge is -2.14. The van der Waals surface area contributed by atoms with Gasteiger partial charge in [0.05, 0.1) is 6.61 Å². The summed E-state index contributed by atoms with van der Waals surface area (Å²) in [6.45, 7) is 2.88. The number of fused-ring (bicyclic) bond motifs is 2. The SMILES string of the molecule is CCCCOc1ccc(NC(=N)C2=Cc3ccccc3Nc3ccccc32)cc1.Cl. The Morgan fingerprint density at radius 3 is 2.40 bits per heavy atom. The van der Waals surface area contributed by atoms with Gasteiger partial charge in [-0.2, -0.15) is 0 Å². The highest BCUT2D eigenvalue weighted by Gasteiger charge is 2.17. The van der Waals surface area contributed by atoms with Crippen LogP contribution in [0, 0.1) is 5.41 Å². The molecule has 0 amide bonds. The minimum absolute atomic E-state index is 0. The molecule has 0 aromatic heterocycles. The Morgan fingerprint density at radius 1 is 0.933 bits per heavy atom. The second-order valence-electron chi connectivity index (χ2n) is 7.04. The molecule has 1 heterocycles. The first-order valence-corrected chi connectivity index (χ1v) is 10.0. The van der Waals surface area contributed by atoms with Gasteiger partial charge in [0.2, 0.25) is 0 Å². The average Bonchev–Trinajstić information content (AvgIpc) is 2.92. The summed E-state index contributed by atoms with van der Waals surface area (Å²) < 4.78 is 5.72. The Bertz CT molecular complexity index is 1040. The van der Waals surface area contributed by atoms with Crippen molar-refractivity contribution in [3.05, 3.63) is 83.9 Å². The van der Waals surface area contributed by atoms with Crippen LogP contribution in [0.2, 0.25) is 0 Å². The summed E-state index contributed by atoms with van der Waals surface area (Å²) in [6, 6.07) is 24.0. The second-order valence-corrected chi connectivity index (χ2v) is 7.04. The first-order valence-electron chi connectivity index (χ1n) is 10.0. The third-order valence-electron chi connectivity index (χ3n) is 4.91. The number of hydrogen-bond donors (Lipinski definition) is 3. The van der Waals surface area contributed by atoms with E-state index in [-0.39, 0.29) is 12.4 Å². The Balaban J connectivity index is 0.00000256. The maximum Gasteiger partial charge on any atom is 0.130 e. The molecule has 30 heavy (non-hydrogen) atoms. The zero-order valence-corrected chi connectivity index (χ0v) is 17.8. The highest BCUT2D eigenvalue weighted by atomic mass is 35.5. The molecule has 154 valence electrons. The van der Waals surface area contributed by atoms with Gasteiger partial charge in [-0.1, -0.05) is 49.7 Å². The van der Waals surface area contributed by atoms with Gasteiger partial charge in [0.15, 0.2) is 0 Å². The minimum atomic E-state index is 0. The zero-order valence-electron chi connectivity index (χ0n) is 16.9. The van der Waals surface area contributed by atoms with Crippen molar-refractivity contribution in [3.63, 3.8) is 0 Å². The van der Waals surface area contributed by atoms with Crippen molar-refractivity contribution in [2.24, 2.45) is 0 Å². The summed E-state index contributed by atoms with van der Waals surface area (Å²) in [5.74, 6) is 1.21. The van der Waals surface area contributed by atoms with Crippen molar-refractivity contribution >= 4 is 47.0 Å². The number of unbranched alkanes of at least 4 members (excludes halogenated alkanes) is 1.